The molecule has 1 atom stereocenters. The average molecular weight is 215 g/mol. The Morgan fingerprint density at radius 3 is 2.60 bits per heavy atom. The number of aromatic nitrogens is 1. The summed E-state index contributed by atoms with van der Waals surface area (Å²) in [6.07, 6.45) is 0.361. The second-order valence-corrected chi connectivity index (χ2v) is 4.09. The number of hydrogen-bond donors (Lipinski definition) is 0. The van der Waals surface area contributed by atoms with Crippen LogP contribution in [0.25, 0.3) is 0 Å². The van der Waals surface area contributed by atoms with Crippen LogP contribution in [0, 0.1) is 5.92 Å². The maximum atomic E-state index is 12.7. The van der Waals surface area contributed by atoms with Crippen LogP contribution in [0.2, 0.25) is 0 Å². The summed E-state index contributed by atoms with van der Waals surface area (Å²) in [5.41, 5.74) is -0.190. The van der Waals surface area contributed by atoms with Crippen molar-refractivity contribution in [3.63, 3.8) is 0 Å². The summed E-state index contributed by atoms with van der Waals surface area (Å²) in [6, 6.07) is 1.06. The van der Waals surface area contributed by atoms with Crippen LogP contribution in [0.15, 0.2) is 18.5 Å². The first-order chi connectivity index (χ1) is 7.00. The van der Waals surface area contributed by atoms with Gasteiger partial charge in [0.15, 0.2) is 0 Å². The Kier molecular flexibility index (Phi) is 2.44. The molecule has 0 bridgehead atoms. The maximum absolute atomic E-state index is 12.7. The topological polar surface area (TPSA) is 12.9 Å². The highest BCUT2D eigenvalue weighted by atomic mass is 19.4. The van der Waals surface area contributed by atoms with Gasteiger partial charge < -0.3 is 0 Å². The minimum absolute atomic E-state index is 0.0321. The van der Waals surface area contributed by atoms with Gasteiger partial charge in [0.2, 0.25) is 0 Å². The number of alkyl halides is 3. The Balaban J connectivity index is 2.37. The van der Waals surface area contributed by atoms with E-state index in [0.29, 0.717) is 11.5 Å². The largest absolute Gasteiger partial charge is 0.416 e. The average Bonchev–Trinajstić information content (AvgIpc) is 2.98. The Bertz CT molecular complexity index is 355. The van der Waals surface area contributed by atoms with Crippen molar-refractivity contribution in [1.82, 2.24) is 4.98 Å². The van der Waals surface area contributed by atoms with Gasteiger partial charge in [-0.3, -0.25) is 4.98 Å². The Hall–Kier alpha value is -1.06. The fourth-order valence-corrected chi connectivity index (χ4v) is 1.88. The van der Waals surface area contributed by atoms with E-state index in [1.165, 1.54) is 12.4 Å². The van der Waals surface area contributed by atoms with Crippen LogP contribution < -0.4 is 0 Å². The number of rotatable bonds is 2. The first kappa shape index (κ1) is 10.5. The zero-order valence-corrected chi connectivity index (χ0v) is 8.38. The molecule has 0 N–H and O–H groups in total. The smallest absolute Gasteiger partial charge is 0.264 e. The second kappa shape index (κ2) is 3.51. The fourth-order valence-electron chi connectivity index (χ4n) is 1.88. The van der Waals surface area contributed by atoms with E-state index in [4.69, 9.17) is 0 Å². The van der Waals surface area contributed by atoms with E-state index >= 15 is 0 Å². The molecule has 0 radical (unpaired) electrons. The molecule has 4 heteroatoms. The predicted octanol–water partition coefficient (Wildman–Crippen LogP) is 3.61. The van der Waals surface area contributed by atoms with E-state index in [0.717, 1.165) is 18.9 Å². The summed E-state index contributed by atoms with van der Waals surface area (Å²) >= 11 is 0. The molecule has 82 valence electrons. The summed E-state index contributed by atoms with van der Waals surface area (Å²) in [5.74, 6) is 0.380. The molecule has 1 aromatic rings. The first-order valence-corrected chi connectivity index (χ1v) is 5.01. The minimum Gasteiger partial charge on any atom is -0.264 e. The van der Waals surface area contributed by atoms with Gasteiger partial charge in [0, 0.05) is 12.4 Å². The van der Waals surface area contributed by atoms with Crippen LogP contribution in [0.5, 0.6) is 0 Å². The normalized spacial score (nSPS) is 18.9. The van der Waals surface area contributed by atoms with Crippen molar-refractivity contribution in [2.24, 2.45) is 5.92 Å². The molecule has 1 aliphatic carbocycles. The summed E-state index contributed by atoms with van der Waals surface area (Å²) in [6.45, 7) is 1.85. The number of halogens is 3. The van der Waals surface area contributed by atoms with Gasteiger partial charge in [-0.25, -0.2) is 0 Å². The molecule has 15 heavy (non-hydrogen) atoms. The second-order valence-electron chi connectivity index (χ2n) is 4.09. The molecule has 0 saturated heterocycles. The zero-order valence-electron chi connectivity index (χ0n) is 8.38. The van der Waals surface area contributed by atoms with Crippen molar-refractivity contribution >= 4 is 0 Å². The van der Waals surface area contributed by atoms with Crippen LogP contribution in [-0.4, -0.2) is 4.98 Å². The molecular weight excluding hydrogens is 203 g/mol. The van der Waals surface area contributed by atoms with Gasteiger partial charge in [0.25, 0.3) is 0 Å². The molecule has 1 aromatic heterocycles. The molecule has 0 amide bonds. The first-order valence-electron chi connectivity index (χ1n) is 5.01. The van der Waals surface area contributed by atoms with E-state index in [2.05, 4.69) is 4.98 Å². The van der Waals surface area contributed by atoms with Crippen molar-refractivity contribution in [3.05, 3.63) is 29.6 Å². The Labute approximate surface area is 86.3 Å². The highest BCUT2D eigenvalue weighted by Crippen LogP contribution is 2.45. The van der Waals surface area contributed by atoms with Gasteiger partial charge in [-0.2, -0.15) is 13.2 Å². The molecule has 1 nitrogen and oxygen atoms in total. The Morgan fingerprint density at radius 1 is 1.40 bits per heavy atom. The van der Waals surface area contributed by atoms with Crippen LogP contribution in [-0.2, 0) is 6.18 Å². The highest BCUT2D eigenvalue weighted by Gasteiger charge is 2.38. The van der Waals surface area contributed by atoms with E-state index in [9.17, 15) is 13.2 Å². The van der Waals surface area contributed by atoms with Crippen LogP contribution in [0.3, 0.4) is 0 Å². The third kappa shape index (κ3) is 2.13. The molecule has 1 saturated carbocycles. The van der Waals surface area contributed by atoms with Gasteiger partial charge in [-0.15, -0.1) is 0 Å². The van der Waals surface area contributed by atoms with Crippen molar-refractivity contribution < 1.29 is 13.2 Å². The molecule has 0 aromatic carbocycles. The SMILES string of the molecule is C[C@H](c1cnccc1C(F)(F)F)C1CC1. The Morgan fingerprint density at radius 2 is 2.07 bits per heavy atom. The van der Waals surface area contributed by atoms with Crippen molar-refractivity contribution in [1.29, 1.82) is 0 Å². The lowest BCUT2D eigenvalue weighted by Gasteiger charge is -2.16. The third-order valence-corrected chi connectivity index (χ3v) is 2.98. The number of pyridine rings is 1. The lowest BCUT2D eigenvalue weighted by atomic mass is 9.93. The molecule has 1 fully saturated rings. The van der Waals surface area contributed by atoms with Crippen LogP contribution in [0.1, 0.15) is 36.8 Å². The molecule has 0 aliphatic heterocycles. The summed E-state index contributed by atoms with van der Waals surface area (Å²) in [7, 11) is 0. The summed E-state index contributed by atoms with van der Waals surface area (Å²) < 4.78 is 38.0. The minimum atomic E-state index is -4.26. The highest BCUT2D eigenvalue weighted by molar-refractivity contribution is 5.30. The van der Waals surface area contributed by atoms with Crippen molar-refractivity contribution in [3.8, 4) is 0 Å². The van der Waals surface area contributed by atoms with Gasteiger partial charge in [0.1, 0.15) is 0 Å². The summed E-state index contributed by atoms with van der Waals surface area (Å²) in [4.78, 5) is 3.79. The standard InChI is InChI=1S/C11H12F3N/c1-7(8-2-3-8)9-6-15-5-4-10(9)11(12,13)14/h4-8H,2-3H2,1H3/t7-/m0/s1. The molecular formula is C11H12F3N. The van der Waals surface area contributed by atoms with Gasteiger partial charge >= 0.3 is 6.18 Å². The quantitative estimate of drug-likeness (QED) is 0.734. The van der Waals surface area contributed by atoms with E-state index in [1.807, 2.05) is 6.92 Å². The van der Waals surface area contributed by atoms with E-state index in [-0.39, 0.29) is 5.92 Å². The molecule has 0 spiro atoms. The van der Waals surface area contributed by atoms with Gasteiger partial charge in [-0.1, -0.05) is 6.92 Å². The predicted molar refractivity (Wildman–Crippen MR) is 50.4 cm³/mol. The van der Waals surface area contributed by atoms with Crippen molar-refractivity contribution in [2.75, 3.05) is 0 Å². The number of hydrogen-bond acceptors (Lipinski definition) is 1. The van der Waals surface area contributed by atoms with Crippen molar-refractivity contribution in [2.45, 2.75) is 31.9 Å². The van der Waals surface area contributed by atoms with Gasteiger partial charge in [-0.05, 0) is 36.3 Å². The molecule has 1 aliphatic rings. The van der Waals surface area contributed by atoms with Crippen LogP contribution >= 0.6 is 0 Å². The zero-order chi connectivity index (χ0) is 11.1. The number of nitrogens with zero attached hydrogens (tertiary/aromatic N) is 1. The van der Waals surface area contributed by atoms with Crippen LogP contribution in [0.4, 0.5) is 13.2 Å². The van der Waals surface area contributed by atoms with Gasteiger partial charge in [0.05, 0.1) is 5.56 Å². The third-order valence-electron chi connectivity index (χ3n) is 2.98. The van der Waals surface area contributed by atoms with E-state index in [1.54, 1.807) is 0 Å². The monoisotopic (exact) mass is 215 g/mol. The molecule has 1 heterocycles. The maximum Gasteiger partial charge on any atom is 0.416 e. The molecule has 0 unspecified atom stereocenters. The molecule has 2 rings (SSSR count). The fraction of sp³-hybridized carbons (Fsp3) is 0.545. The lowest BCUT2D eigenvalue weighted by Crippen LogP contribution is -2.12. The summed E-state index contributed by atoms with van der Waals surface area (Å²) in [5, 5.41) is 0. The lowest BCUT2D eigenvalue weighted by molar-refractivity contribution is -0.138. The van der Waals surface area contributed by atoms with E-state index < -0.39 is 11.7 Å².